The second-order valence-corrected chi connectivity index (χ2v) is 6.46. The van der Waals surface area contributed by atoms with Gasteiger partial charge in [0.2, 0.25) is 5.91 Å². The van der Waals surface area contributed by atoms with Gasteiger partial charge in [-0.25, -0.2) is 0 Å². The fourth-order valence-electron chi connectivity index (χ4n) is 3.02. The molecular formula is C20H27N3O. The fraction of sp³-hybridized carbons (Fsp3) is 0.500. The Bertz CT molecular complexity index is 613. The number of carbonyl (C=O) groups is 1. The van der Waals surface area contributed by atoms with Crippen molar-refractivity contribution in [2.24, 2.45) is 0 Å². The first-order valence-electron chi connectivity index (χ1n) is 8.77. The van der Waals surface area contributed by atoms with E-state index in [0.717, 1.165) is 52.0 Å². The lowest BCUT2D eigenvalue weighted by molar-refractivity contribution is -0.128. The second-order valence-electron chi connectivity index (χ2n) is 6.46. The SMILES string of the molecule is CCCCN(CC1=CCCN(Cc2ccc(C#N)cc2)C1)C(C)=O. The van der Waals surface area contributed by atoms with Crippen LogP contribution >= 0.6 is 0 Å². The molecule has 1 amide bonds. The van der Waals surface area contributed by atoms with E-state index in [0.29, 0.717) is 5.56 Å². The molecule has 4 heteroatoms. The topological polar surface area (TPSA) is 47.3 Å². The van der Waals surface area contributed by atoms with Gasteiger partial charge in [0.05, 0.1) is 11.6 Å². The molecule has 0 N–H and O–H groups in total. The van der Waals surface area contributed by atoms with Gasteiger partial charge in [-0.2, -0.15) is 5.26 Å². The normalized spacial score (nSPS) is 14.8. The molecule has 0 unspecified atom stereocenters. The van der Waals surface area contributed by atoms with Gasteiger partial charge in [0.15, 0.2) is 0 Å². The number of nitrogens with zero attached hydrogens (tertiary/aromatic N) is 3. The lowest BCUT2D eigenvalue weighted by Gasteiger charge is -2.30. The number of rotatable bonds is 7. The largest absolute Gasteiger partial charge is 0.339 e. The Morgan fingerprint density at radius 3 is 2.71 bits per heavy atom. The Morgan fingerprint density at radius 1 is 1.33 bits per heavy atom. The Morgan fingerprint density at radius 2 is 2.08 bits per heavy atom. The molecular weight excluding hydrogens is 298 g/mol. The van der Waals surface area contributed by atoms with E-state index < -0.39 is 0 Å². The molecule has 0 atom stereocenters. The molecule has 128 valence electrons. The van der Waals surface area contributed by atoms with Crippen LogP contribution in [0.5, 0.6) is 0 Å². The molecule has 0 aromatic heterocycles. The summed E-state index contributed by atoms with van der Waals surface area (Å²) in [6, 6.07) is 9.96. The first kappa shape index (κ1) is 18.2. The average Bonchev–Trinajstić information content (AvgIpc) is 2.59. The quantitative estimate of drug-likeness (QED) is 0.722. The molecule has 0 fully saturated rings. The van der Waals surface area contributed by atoms with Crippen LogP contribution in [0.25, 0.3) is 0 Å². The van der Waals surface area contributed by atoms with Gasteiger partial charge in [-0.1, -0.05) is 31.6 Å². The highest BCUT2D eigenvalue weighted by Gasteiger charge is 2.16. The summed E-state index contributed by atoms with van der Waals surface area (Å²) < 4.78 is 0. The zero-order valence-corrected chi connectivity index (χ0v) is 14.8. The predicted molar refractivity (Wildman–Crippen MR) is 96.3 cm³/mol. The Kier molecular flexibility index (Phi) is 7.02. The zero-order chi connectivity index (χ0) is 17.4. The van der Waals surface area contributed by atoms with Crippen LogP contribution in [-0.4, -0.2) is 41.9 Å². The molecule has 24 heavy (non-hydrogen) atoms. The summed E-state index contributed by atoms with van der Waals surface area (Å²) in [5.74, 6) is 0.161. The minimum absolute atomic E-state index is 0.161. The maximum Gasteiger partial charge on any atom is 0.219 e. The highest BCUT2D eigenvalue weighted by atomic mass is 16.2. The smallest absolute Gasteiger partial charge is 0.219 e. The van der Waals surface area contributed by atoms with Crippen molar-refractivity contribution in [2.75, 3.05) is 26.2 Å². The molecule has 0 radical (unpaired) electrons. The maximum atomic E-state index is 11.8. The zero-order valence-electron chi connectivity index (χ0n) is 14.8. The highest BCUT2D eigenvalue weighted by molar-refractivity contribution is 5.73. The van der Waals surface area contributed by atoms with Crippen LogP contribution in [-0.2, 0) is 11.3 Å². The Labute approximate surface area is 145 Å². The number of nitriles is 1. The molecule has 0 saturated heterocycles. The van der Waals surface area contributed by atoms with Crippen molar-refractivity contribution >= 4 is 5.91 Å². The predicted octanol–water partition coefficient (Wildman–Crippen LogP) is 3.34. The van der Waals surface area contributed by atoms with Gasteiger partial charge in [-0.05, 0) is 36.1 Å². The van der Waals surface area contributed by atoms with E-state index in [1.54, 1.807) is 6.92 Å². The number of unbranched alkanes of at least 4 members (excludes halogenated alkanes) is 1. The van der Waals surface area contributed by atoms with Crippen molar-refractivity contribution in [1.82, 2.24) is 9.80 Å². The first-order chi connectivity index (χ1) is 11.6. The van der Waals surface area contributed by atoms with E-state index in [2.05, 4.69) is 24.0 Å². The van der Waals surface area contributed by atoms with Crippen LogP contribution in [0.2, 0.25) is 0 Å². The van der Waals surface area contributed by atoms with Crippen molar-refractivity contribution < 1.29 is 4.79 Å². The molecule has 4 nitrogen and oxygen atoms in total. The number of benzene rings is 1. The van der Waals surface area contributed by atoms with E-state index in [9.17, 15) is 4.79 Å². The van der Waals surface area contributed by atoms with Crippen LogP contribution in [0.3, 0.4) is 0 Å². The van der Waals surface area contributed by atoms with E-state index in [1.807, 2.05) is 29.2 Å². The third-order valence-corrected chi connectivity index (χ3v) is 4.42. The Balaban J connectivity index is 1.91. The molecule has 1 aliphatic heterocycles. The van der Waals surface area contributed by atoms with Crippen molar-refractivity contribution in [3.8, 4) is 6.07 Å². The number of hydrogen-bond acceptors (Lipinski definition) is 3. The lowest BCUT2D eigenvalue weighted by Crippen LogP contribution is -2.37. The summed E-state index contributed by atoms with van der Waals surface area (Å²) in [6.45, 7) is 8.25. The van der Waals surface area contributed by atoms with Gasteiger partial charge in [-0.15, -0.1) is 0 Å². The maximum absolute atomic E-state index is 11.8. The molecule has 1 aromatic rings. The van der Waals surface area contributed by atoms with Gasteiger partial charge in [-0.3, -0.25) is 9.69 Å². The van der Waals surface area contributed by atoms with Crippen molar-refractivity contribution in [3.63, 3.8) is 0 Å². The highest BCUT2D eigenvalue weighted by Crippen LogP contribution is 2.15. The van der Waals surface area contributed by atoms with Crippen LogP contribution in [0.1, 0.15) is 44.2 Å². The molecule has 1 heterocycles. The van der Waals surface area contributed by atoms with Crippen molar-refractivity contribution in [3.05, 3.63) is 47.0 Å². The van der Waals surface area contributed by atoms with Gasteiger partial charge >= 0.3 is 0 Å². The summed E-state index contributed by atoms with van der Waals surface area (Å²) in [6.07, 6.45) is 5.48. The van der Waals surface area contributed by atoms with Crippen LogP contribution in [0, 0.1) is 11.3 Å². The van der Waals surface area contributed by atoms with E-state index in [-0.39, 0.29) is 5.91 Å². The van der Waals surface area contributed by atoms with Gasteiger partial charge in [0.25, 0.3) is 0 Å². The molecule has 2 rings (SSSR count). The number of hydrogen-bond donors (Lipinski definition) is 0. The molecule has 1 aliphatic rings. The lowest BCUT2D eigenvalue weighted by atomic mass is 10.1. The minimum Gasteiger partial charge on any atom is -0.339 e. The molecule has 1 aromatic carbocycles. The monoisotopic (exact) mass is 325 g/mol. The van der Waals surface area contributed by atoms with E-state index >= 15 is 0 Å². The van der Waals surface area contributed by atoms with Crippen LogP contribution < -0.4 is 0 Å². The van der Waals surface area contributed by atoms with Crippen LogP contribution in [0.4, 0.5) is 0 Å². The second kappa shape index (κ2) is 9.24. The molecule has 0 saturated carbocycles. The summed E-state index contributed by atoms with van der Waals surface area (Å²) in [5, 5.41) is 8.87. The third-order valence-electron chi connectivity index (χ3n) is 4.42. The number of amides is 1. The summed E-state index contributed by atoms with van der Waals surface area (Å²) in [4.78, 5) is 16.2. The fourth-order valence-corrected chi connectivity index (χ4v) is 3.02. The standard InChI is InChI=1S/C20H27N3O/c1-3-4-12-23(17(2)24)16-20-6-5-11-22(15-20)14-19-9-7-18(13-21)8-10-19/h6-10H,3-5,11-12,14-16H2,1-2H3. The van der Waals surface area contributed by atoms with Gasteiger partial charge < -0.3 is 4.90 Å². The summed E-state index contributed by atoms with van der Waals surface area (Å²) >= 11 is 0. The van der Waals surface area contributed by atoms with E-state index in [4.69, 9.17) is 5.26 Å². The van der Waals surface area contributed by atoms with Crippen molar-refractivity contribution in [1.29, 1.82) is 5.26 Å². The molecule has 0 aliphatic carbocycles. The van der Waals surface area contributed by atoms with Crippen LogP contribution in [0.15, 0.2) is 35.9 Å². The van der Waals surface area contributed by atoms with Gasteiger partial charge in [0.1, 0.15) is 0 Å². The minimum atomic E-state index is 0.161. The Hall–Kier alpha value is -2.12. The summed E-state index contributed by atoms with van der Waals surface area (Å²) in [7, 11) is 0. The summed E-state index contributed by atoms with van der Waals surface area (Å²) in [5.41, 5.74) is 3.26. The molecule has 0 bridgehead atoms. The number of carbonyl (C=O) groups excluding carboxylic acids is 1. The third kappa shape index (κ3) is 5.50. The average molecular weight is 325 g/mol. The van der Waals surface area contributed by atoms with Gasteiger partial charge in [0, 0.05) is 39.6 Å². The first-order valence-corrected chi connectivity index (χ1v) is 8.77. The van der Waals surface area contributed by atoms with Crippen molar-refractivity contribution in [2.45, 2.75) is 39.7 Å². The molecule has 0 spiro atoms. The van der Waals surface area contributed by atoms with E-state index in [1.165, 1.54) is 11.1 Å².